The minimum absolute atomic E-state index is 0.00178. The molecule has 3 fully saturated rings. The summed E-state index contributed by atoms with van der Waals surface area (Å²) in [5, 5.41) is 8.92. The molecular formula is C40H44FN11O4. The summed E-state index contributed by atoms with van der Waals surface area (Å²) in [6.07, 6.45) is 4.79. The van der Waals surface area contributed by atoms with Crippen molar-refractivity contribution in [2.75, 3.05) is 90.8 Å². The van der Waals surface area contributed by atoms with E-state index in [0.717, 1.165) is 85.3 Å². The fourth-order valence-corrected chi connectivity index (χ4v) is 8.16. The number of ether oxygens (including phenoxy) is 1. The van der Waals surface area contributed by atoms with Gasteiger partial charge >= 0.3 is 6.03 Å². The third kappa shape index (κ3) is 7.11. The van der Waals surface area contributed by atoms with Crippen molar-refractivity contribution < 1.29 is 23.5 Å². The zero-order chi connectivity index (χ0) is 38.3. The molecule has 0 atom stereocenters. The Morgan fingerprint density at radius 2 is 1.75 bits per heavy atom. The molecule has 4 amide bonds. The average molecular weight is 762 g/mol. The molecular weight excluding hydrogens is 718 g/mol. The van der Waals surface area contributed by atoms with Crippen molar-refractivity contribution in [2.45, 2.75) is 38.8 Å². The Morgan fingerprint density at radius 1 is 0.946 bits per heavy atom. The lowest BCUT2D eigenvalue weighted by Crippen LogP contribution is -2.64. The van der Waals surface area contributed by atoms with Crippen LogP contribution in [0.25, 0.3) is 0 Å². The van der Waals surface area contributed by atoms with Crippen molar-refractivity contribution in [1.82, 2.24) is 30.1 Å². The highest BCUT2D eigenvalue weighted by atomic mass is 19.1. The molecule has 2 aromatic carbocycles. The van der Waals surface area contributed by atoms with Crippen LogP contribution in [-0.4, -0.2) is 114 Å². The molecule has 7 heterocycles. The van der Waals surface area contributed by atoms with Gasteiger partial charge in [0.25, 0.3) is 0 Å². The number of hydrogen-bond acceptors (Lipinski definition) is 12. The molecule has 5 aliphatic rings. The number of nitrogens with one attached hydrogen (secondary N) is 3. The summed E-state index contributed by atoms with van der Waals surface area (Å²) < 4.78 is 21.0. The summed E-state index contributed by atoms with van der Waals surface area (Å²) >= 11 is 0. The molecule has 0 spiro atoms. The van der Waals surface area contributed by atoms with Crippen LogP contribution in [0.4, 0.5) is 43.6 Å². The third-order valence-corrected chi connectivity index (χ3v) is 11.5. The molecule has 0 bridgehead atoms. The molecule has 0 radical (unpaired) electrons. The van der Waals surface area contributed by atoms with E-state index < -0.39 is 5.82 Å². The number of aromatic nitrogens is 3. The Labute approximate surface area is 323 Å². The number of benzene rings is 2. The van der Waals surface area contributed by atoms with Crippen LogP contribution in [-0.2, 0) is 29.0 Å². The highest BCUT2D eigenvalue weighted by molar-refractivity contribution is 6.05. The molecule has 2 aromatic heterocycles. The second-order valence-corrected chi connectivity index (χ2v) is 14.9. The van der Waals surface area contributed by atoms with Crippen LogP contribution in [0.5, 0.6) is 5.88 Å². The number of carbonyl (C=O) groups excluding carboxylic acids is 3. The Hall–Kier alpha value is -6.03. The van der Waals surface area contributed by atoms with Gasteiger partial charge in [-0.2, -0.15) is 0 Å². The highest BCUT2D eigenvalue weighted by Crippen LogP contribution is 2.36. The van der Waals surface area contributed by atoms with Gasteiger partial charge in [0.15, 0.2) is 0 Å². The number of fused-ring (bicyclic) bond motifs is 2. The zero-order valence-electron chi connectivity index (χ0n) is 31.3. The average Bonchev–Trinajstić information content (AvgIpc) is 3.19. The Morgan fingerprint density at radius 3 is 2.54 bits per heavy atom. The number of rotatable bonds is 8. The first kappa shape index (κ1) is 35.7. The lowest BCUT2D eigenvalue weighted by Gasteiger charge is -2.48. The summed E-state index contributed by atoms with van der Waals surface area (Å²) in [6.45, 7) is 9.93. The van der Waals surface area contributed by atoms with Gasteiger partial charge in [0.1, 0.15) is 18.1 Å². The molecule has 0 aliphatic carbocycles. The summed E-state index contributed by atoms with van der Waals surface area (Å²) in [4.78, 5) is 61.1. The van der Waals surface area contributed by atoms with Gasteiger partial charge in [-0.3, -0.25) is 24.7 Å². The van der Waals surface area contributed by atoms with Crippen molar-refractivity contribution in [3.05, 3.63) is 83.1 Å². The van der Waals surface area contributed by atoms with E-state index in [4.69, 9.17) is 9.72 Å². The number of hydrogen-bond donors (Lipinski definition) is 3. The van der Waals surface area contributed by atoms with E-state index in [0.29, 0.717) is 62.3 Å². The maximum absolute atomic E-state index is 15.3. The largest absolute Gasteiger partial charge is 0.474 e. The number of carbonyl (C=O) groups is 3. The van der Waals surface area contributed by atoms with E-state index in [1.54, 1.807) is 17.0 Å². The molecule has 0 unspecified atom stereocenters. The molecule has 3 N–H and O–H groups in total. The first-order valence-corrected chi connectivity index (χ1v) is 19.3. The highest BCUT2D eigenvalue weighted by Gasteiger charge is 2.36. The van der Waals surface area contributed by atoms with E-state index in [9.17, 15) is 14.4 Å². The molecule has 3 saturated heterocycles. The second-order valence-electron chi connectivity index (χ2n) is 14.9. The summed E-state index contributed by atoms with van der Waals surface area (Å²) in [7, 11) is 0. The van der Waals surface area contributed by atoms with Crippen LogP contribution in [0, 0.1) is 12.7 Å². The second kappa shape index (κ2) is 14.9. The maximum Gasteiger partial charge on any atom is 0.328 e. The van der Waals surface area contributed by atoms with Gasteiger partial charge in [-0.1, -0.05) is 6.07 Å². The molecule has 4 aromatic rings. The predicted molar refractivity (Wildman–Crippen MR) is 209 cm³/mol. The molecule has 15 nitrogen and oxygen atoms in total. The van der Waals surface area contributed by atoms with Gasteiger partial charge < -0.3 is 30.1 Å². The van der Waals surface area contributed by atoms with Gasteiger partial charge in [-0.05, 0) is 60.9 Å². The number of pyridine rings is 1. The summed E-state index contributed by atoms with van der Waals surface area (Å²) in [5.41, 5.74) is 7.77. The first-order valence-electron chi connectivity index (χ1n) is 19.3. The Bertz CT molecular complexity index is 2170. The van der Waals surface area contributed by atoms with Crippen molar-refractivity contribution >= 4 is 52.2 Å². The van der Waals surface area contributed by atoms with Crippen molar-refractivity contribution in [2.24, 2.45) is 0 Å². The minimum Gasteiger partial charge on any atom is -0.474 e. The number of amides is 4. The Kier molecular flexibility index (Phi) is 9.49. The van der Waals surface area contributed by atoms with E-state index in [2.05, 4.69) is 47.5 Å². The van der Waals surface area contributed by atoms with Crippen molar-refractivity contribution in [1.29, 1.82) is 0 Å². The summed E-state index contributed by atoms with van der Waals surface area (Å²) in [5.74, 6) is 0.246. The monoisotopic (exact) mass is 761 g/mol. The van der Waals surface area contributed by atoms with Crippen LogP contribution >= 0.6 is 0 Å². The van der Waals surface area contributed by atoms with Gasteiger partial charge in [0.05, 0.1) is 30.5 Å². The SMILES string of the molecule is Cc1c(N2CCc3cnc(Nc4ccc(CC(=O)N5CC(N6CCN(c7ccc(N8CCC(=O)NC8=O)cc7)CC6)C5)c(F)c4)nc3C2)cnc2c1NCCO2. The van der Waals surface area contributed by atoms with Crippen molar-refractivity contribution in [3.8, 4) is 5.88 Å². The fourth-order valence-electron chi connectivity index (χ4n) is 8.16. The zero-order valence-corrected chi connectivity index (χ0v) is 31.3. The van der Waals surface area contributed by atoms with Crippen LogP contribution in [0.1, 0.15) is 28.8 Å². The lowest BCUT2D eigenvalue weighted by molar-refractivity contribution is -0.138. The molecule has 290 valence electrons. The molecule has 0 saturated carbocycles. The quantitative estimate of drug-likeness (QED) is 0.241. The van der Waals surface area contributed by atoms with E-state index in [1.807, 2.05) is 41.6 Å². The first-order chi connectivity index (χ1) is 27.3. The number of imide groups is 1. The molecule has 5 aliphatic heterocycles. The van der Waals surface area contributed by atoms with Crippen LogP contribution in [0.2, 0.25) is 0 Å². The number of anilines is 6. The fraction of sp³-hybridized carbons (Fsp3) is 0.400. The van der Waals surface area contributed by atoms with Crippen LogP contribution in [0.3, 0.4) is 0 Å². The van der Waals surface area contributed by atoms with Crippen LogP contribution < -0.4 is 35.4 Å². The standard InChI is InChI=1S/C40H44FN11O4/c1-25-34(21-43-38-37(25)42-10-17-56-38)50-11-8-27-20-44-39(46-33(27)24-50)45-28-3-2-26(32(41)19-28)18-36(54)51-22-31(23-51)49-15-13-48(14-16-49)29-4-6-30(7-5-29)52-12-9-35(53)47-40(52)55/h2-7,19-21,31,42H,8-18,22-24H2,1H3,(H,44,45,46)(H,47,53,55). The molecule has 56 heavy (non-hydrogen) atoms. The summed E-state index contributed by atoms with van der Waals surface area (Å²) in [6, 6.07) is 12.6. The van der Waals surface area contributed by atoms with Gasteiger partial charge in [0.2, 0.25) is 23.6 Å². The van der Waals surface area contributed by atoms with E-state index in [1.165, 1.54) is 6.07 Å². The molecule has 9 rings (SSSR count). The van der Waals surface area contributed by atoms with E-state index in [-0.39, 0.29) is 30.3 Å². The number of likely N-dealkylation sites (tertiary alicyclic amines) is 1. The van der Waals surface area contributed by atoms with Gasteiger partial charge in [0, 0.05) is 100 Å². The maximum atomic E-state index is 15.3. The smallest absolute Gasteiger partial charge is 0.328 e. The predicted octanol–water partition coefficient (Wildman–Crippen LogP) is 3.45. The number of halogens is 1. The number of piperazine rings is 1. The molecule has 16 heteroatoms. The minimum atomic E-state index is -0.448. The Balaban J connectivity index is 0.745. The third-order valence-electron chi connectivity index (χ3n) is 11.5. The van der Waals surface area contributed by atoms with Gasteiger partial charge in [-0.25, -0.2) is 24.1 Å². The van der Waals surface area contributed by atoms with Crippen molar-refractivity contribution in [3.63, 3.8) is 0 Å². The topological polar surface area (TPSA) is 151 Å². The number of urea groups is 1. The number of nitrogens with zero attached hydrogens (tertiary/aromatic N) is 8. The van der Waals surface area contributed by atoms with Gasteiger partial charge in [-0.15, -0.1) is 0 Å². The normalized spacial score (nSPS) is 18.7. The van der Waals surface area contributed by atoms with Crippen LogP contribution in [0.15, 0.2) is 54.9 Å². The van der Waals surface area contributed by atoms with E-state index >= 15 is 4.39 Å². The lowest BCUT2D eigenvalue weighted by atomic mass is 10.0.